The van der Waals surface area contributed by atoms with Crippen molar-refractivity contribution >= 4 is 15.7 Å². The van der Waals surface area contributed by atoms with Gasteiger partial charge in [-0.15, -0.1) is 0 Å². The van der Waals surface area contributed by atoms with Crippen LogP contribution < -0.4 is 18.9 Å². The molecule has 2 aromatic carbocycles. The first-order valence-corrected chi connectivity index (χ1v) is 12.8. The lowest BCUT2D eigenvalue weighted by atomic mass is 10.3. The quantitative estimate of drug-likeness (QED) is 0.410. The topological polar surface area (TPSA) is 117 Å². The summed E-state index contributed by atoms with van der Waals surface area (Å²) in [5.74, 6) is 2.93. The average molecular weight is 508 g/mol. The zero-order valence-corrected chi connectivity index (χ0v) is 20.9. The fraction of sp³-hybridized carbons (Fsp3) is 0.240. The molecule has 5 rings (SSSR count). The number of ether oxygens (including phenoxy) is 3. The van der Waals surface area contributed by atoms with Gasteiger partial charge in [0.2, 0.25) is 5.88 Å². The van der Waals surface area contributed by atoms with Gasteiger partial charge in [-0.1, -0.05) is 0 Å². The lowest BCUT2D eigenvalue weighted by molar-refractivity contribution is 0.297. The van der Waals surface area contributed by atoms with Crippen molar-refractivity contribution in [3.8, 4) is 28.9 Å². The lowest BCUT2D eigenvalue weighted by Gasteiger charge is -2.12. The number of aryl methyl sites for hydroxylation is 3. The number of aromatic nitrogens is 4. The number of nitrogens with one attached hydrogen (secondary N) is 1. The van der Waals surface area contributed by atoms with E-state index in [0.717, 1.165) is 17.8 Å². The van der Waals surface area contributed by atoms with Crippen LogP contribution in [0.4, 0.5) is 5.69 Å². The molecular formula is C25H25N5O5S. The largest absolute Gasteiger partial charge is 0.490 e. The van der Waals surface area contributed by atoms with E-state index in [0.29, 0.717) is 53.7 Å². The summed E-state index contributed by atoms with van der Waals surface area (Å²) < 4.78 is 47.3. The predicted octanol–water partition coefficient (Wildman–Crippen LogP) is 4.34. The molecule has 3 heterocycles. The van der Waals surface area contributed by atoms with E-state index in [4.69, 9.17) is 14.2 Å². The van der Waals surface area contributed by atoms with Crippen LogP contribution in [0.25, 0.3) is 5.82 Å². The summed E-state index contributed by atoms with van der Waals surface area (Å²) >= 11 is 0. The molecule has 2 aromatic heterocycles. The molecule has 4 aromatic rings. The van der Waals surface area contributed by atoms with E-state index in [1.807, 2.05) is 19.9 Å². The number of hydrogen-bond donors (Lipinski definition) is 1. The van der Waals surface area contributed by atoms with Gasteiger partial charge < -0.3 is 14.2 Å². The number of rotatable bonds is 6. The summed E-state index contributed by atoms with van der Waals surface area (Å²) in [6, 6.07) is 14.8. The maximum absolute atomic E-state index is 12.9. The Kier molecular flexibility index (Phi) is 6.23. The summed E-state index contributed by atoms with van der Waals surface area (Å²) in [5.41, 5.74) is 2.22. The van der Waals surface area contributed by atoms with Gasteiger partial charge in [0.15, 0.2) is 17.3 Å². The highest BCUT2D eigenvalue weighted by Crippen LogP contribution is 2.33. The number of fused-ring (bicyclic) bond motifs is 1. The number of sulfonamides is 1. The van der Waals surface area contributed by atoms with Gasteiger partial charge in [-0.2, -0.15) is 10.1 Å². The van der Waals surface area contributed by atoms with E-state index in [-0.39, 0.29) is 4.90 Å². The second-order valence-corrected chi connectivity index (χ2v) is 10.0. The van der Waals surface area contributed by atoms with E-state index < -0.39 is 10.0 Å². The molecule has 0 atom stereocenters. The van der Waals surface area contributed by atoms with Gasteiger partial charge in [0.05, 0.1) is 23.8 Å². The fourth-order valence-corrected chi connectivity index (χ4v) is 4.86. The minimum Gasteiger partial charge on any atom is -0.490 e. The van der Waals surface area contributed by atoms with Crippen LogP contribution in [0.5, 0.6) is 23.1 Å². The highest BCUT2D eigenvalue weighted by molar-refractivity contribution is 7.92. The van der Waals surface area contributed by atoms with Gasteiger partial charge in [0.1, 0.15) is 11.6 Å². The second kappa shape index (κ2) is 9.50. The van der Waals surface area contributed by atoms with Crippen molar-refractivity contribution in [3.63, 3.8) is 0 Å². The monoisotopic (exact) mass is 507 g/mol. The number of hydrogen-bond acceptors (Lipinski definition) is 8. The van der Waals surface area contributed by atoms with Crippen molar-refractivity contribution in [1.29, 1.82) is 0 Å². The third kappa shape index (κ3) is 5.10. The summed E-state index contributed by atoms with van der Waals surface area (Å²) in [4.78, 5) is 8.88. The normalized spacial score (nSPS) is 13.2. The first kappa shape index (κ1) is 23.6. The average Bonchev–Trinajstić information content (AvgIpc) is 3.02. The van der Waals surface area contributed by atoms with Gasteiger partial charge in [-0.05, 0) is 63.2 Å². The number of anilines is 1. The molecule has 0 aliphatic carbocycles. The van der Waals surface area contributed by atoms with Gasteiger partial charge in [-0.3, -0.25) is 4.72 Å². The van der Waals surface area contributed by atoms with Crippen LogP contribution in [0, 0.1) is 20.8 Å². The molecule has 0 amide bonds. The van der Waals surface area contributed by atoms with Crippen molar-refractivity contribution < 1.29 is 22.6 Å². The van der Waals surface area contributed by atoms with Crippen LogP contribution in [0.1, 0.15) is 23.6 Å². The van der Waals surface area contributed by atoms with Gasteiger partial charge in [0, 0.05) is 29.9 Å². The molecule has 186 valence electrons. The summed E-state index contributed by atoms with van der Waals surface area (Å²) in [6.07, 6.45) is 0.738. The van der Waals surface area contributed by atoms with Crippen LogP contribution in [0.2, 0.25) is 0 Å². The molecule has 10 nitrogen and oxygen atoms in total. The van der Waals surface area contributed by atoms with Crippen LogP contribution in [0.15, 0.2) is 59.5 Å². The Hall–Kier alpha value is -4.12. The Bertz CT molecular complexity index is 1520. The number of nitrogens with zero attached hydrogens (tertiary/aromatic N) is 4. The molecule has 11 heteroatoms. The minimum atomic E-state index is -3.83. The Morgan fingerprint density at radius 1 is 0.917 bits per heavy atom. The van der Waals surface area contributed by atoms with Crippen LogP contribution in [0.3, 0.4) is 0 Å². The first-order valence-electron chi connectivity index (χ1n) is 11.4. The molecule has 0 saturated carbocycles. The second-order valence-electron chi connectivity index (χ2n) is 8.34. The van der Waals surface area contributed by atoms with Crippen molar-refractivity contribution in [2.45, 2.75) is 32.1 Å². The zero-order chi connectivity index (χ0) is 25.3. The molecule has 0 bridgehead atoms. The van der Waals surface area contributed by atoms with E-state index in [1.165, 1.54) is 12.1 Å². The van der Waals surface area contributed by atoms with Gasteiger partial charge >= 0.3 is 0 Å². The SMILES string of the molecule is Cc1cc(C)n(-c2cc(Oc3ccc(NS(=O)(=O)c4ccc5c(c4)OCCCO5)cc3)nc(C)n2)n1. The molecule has 0 unspecified atom stereocenters. The fourth-order valence-electron chi connectivity index (χ4n) is 3.78. The van der Waals surface area contributed by atoms with Crippen LogP contribution in [-0.4, -0.2) is 41.4 Å². The van der Waals surface area contributed by atoms with Gasteiger partial charge in [0.25, 0.3) is 10.0 Å². The first-order chi connectivity index (χ1) is 17.3. The van der Waals surface area contributed by atoms with E-state index in [1.54, 1.807) is 48.0 Å². The molecule has 0 radical (unpaired) electrons. The molecule has 0 saturated heterocycles. The van der Waals surface area contributed by atoms with Crippen LogP contribution in [-0.2, 0) is 10.0 Å². The van der Waals surface area contributed by atoms with Gasteiger partial charge in [-0.25, -0.2) is 18.1 Å². The maximum atomic E-state index is 12.9. The predicted molar refractivity (Wildman–Crippen MR) is 133 cm³/mol. The maximum Gasteiger partial charge on any atom is 0.262 e. The third-order valence-electron chi connectivity index (χ3n) is 5.39. The summed E-state index contributed by atoms with van der Waals surface area (Å²) in [6.45, 7) is 6.65. The van der Waals surface area contributed by atoms with E-state index in [9.17, 15) is 8.42 Å². The third-order valence-corrected chi connectivity index (χ3v) is 6.76. The Morgan fingerprint density at radius 3 is 2.39 bits per heavy atom. The van der Waals surface area contributed by atoms with Crippen molar-refractivity contribution in [2.75, 3.05) is 17.9 Å². The van der Waals surface area contributed by atoms with E-state index >= 15 is 0 Å². The lowest BCUT2D eigenvalue weighted by Crippen LogP contribution is -2.13. The zero-order valence-electron chi connectivity index (χ0n) is 20.1. The van der Waals surface area contributed by atoms with Crippen molar-refractivity contribution in [3.05, 3.63) is 71.8 Å². The van der Waals surface area contributed by atoms with Crippen LogP contribution >= 0.6 is 0 Å². The molecule has 1 N–H and O–H groups in total. The highest BCUT2D eigenvalue weighted by atomic mass is 32.2. The molecule has 1 aliphatic rings. The molecule has 0 fully saturated rings. The molecule has 1 aliphatic heterocycles. The highest BCUT2D eigenvalue weighted by Gasteiger charge is 2.19. The Morgan fingerprint density at radius 2 is 1.67 bits per heavy atom. The summed E-state index contributed by atoms with van der Waals surface area (Å²) in [5, 5.41) is 4.46. The van der Waals surface area contributed by atoms with E-state index in [2.05, 4.69) is 19.8 Å². The standard InChI is InChI=1S/C25H25N5O5S/c1-16-13-17(2)30(28-16)24-15-25(27-18(3)26-24)35-20-7-5-19(6-8-20)29-36(31,32)21-9-10-22-23(14-21)34-12-4-11-33-22/h5-10,13-15,29H,4,11-12H2,1-3H3. The smallest absolute Gasteiger partial charge is 0.262 e. The number of benzene rings is 2. The molecule has 36 heavy (non-hydrogen) atoms. The summed E-state index contributed by atoms with van der Waals surface area (Å²) in [7, 11) is -3.83. The minimum absolute atomic E-state index is 0.0835. The Labute approximate surface area is 208 Å². The Balaban J connectivity index is 1.31. The molecule has 0 spiro atoms. The van der Waals surface area contributed by atoms with Crippen molar-refractivity contribution in [1.82, 2.24) is 19.7 Å². The van der Waals surface area contributed by atoms with Crippen molar-refractivity contribution in [2.24, 2.45) is 0 Å². The molecular weight excluding hydrogens is 482 g/mol.